The molecule has 0 bridgehead atoms. The number of primary amides is 1. The molecule has 5 heteroatoms. The van der Waals surface area contributed by atoms with Gasteiger partial charge < -0.3 is 16.0 Å². The molecule has 0 aliphatic carbocycles. The van der Waals surface area contributed by atoms with Crippen molar-refractivity contribution in [3.8, 4) is 0 Å². The number of nitrogens with zero attached hydrogens (tertiary/aromatic N) is 1. The molecule has 1 atom stereocenters. The van der Waals surface area contributed by atoms with E-state index in [0.717, 1.165) is 42.2 Å². The molecule has 0 radical (unpaired) electrons. The minimum atomic E-state index is -0.205. The number of carbonyl (C=O) groups is 1. The minimum absolute atomic E-state index is 0.0661. The third-order valence-corrected chi connectivity index (χ3v) is 4.30. The highest BCUT2D eigenvalue weighted by molar-refractivity contribution is 6.31. The second kappa shape index (κ2) is 7.14. The van der Waals surface area contributed by atoms with Gasteiger partial charge in [0.2, 0.25) is 5.91 Å². The first kappa shape index (κ1) is 16.1. The average Bonchev–Trinajstić information content (AvgIpc) is 2.45. The van der Waals surface area contributed by atoms with Crippen LogP contribution in [0, 0.1) is 5.92 Å². The van der Waals surface area contributed by atoms with Crippen molar-refractivity contribution in [1.29, 1.82) is 0 Å². The van der Waals surface area contributed by atoms with Crippen LogP contribution in [0.1, 0.15) is 32.3 Å². The Balaban J connectivity index is 2.21. The van der Waals surface area contributed by atoms with Gasteiger partial charge in [0.1, 0.15) is 0 Å². The van der Waals surface area contributed by atoms with E-state index in [1.165, 1.54) is 0 Å². The van der Waals surface area contributed by atoms with E-state index in [-0.39, 0.29) is 11.8 Å². The topological polar surface area (TPSA) is 58.4 Å². The largest absolute Gasteiger partial charge is 0.370 e. The van der Waals surface area contributed by atoms with Crippen molar-refractivity contribution >= 4 is 23.2 Å². The van der Waals surface area contributed by atoms with Crippen LogP contribution in [-0.2, 0) is 11.3 Å². The van der Waals surface area contributed by atoms with Gasteiger partial charge in [-0.2, -0.15) is 0 Å². The van der Waals surface area contributed by atoms with Crippen molar-refractivity contribution in [1.82, 2.24) is 5.32 Å². The Morgan fingerprint density at radius 2 is 2.29 bits per heavy atom. The Morgan fingerprint density at radius 1 is 1.52 bits per heavy atom. The molecule has 0 saturated carbocycles. The molecule has 1 unspecified atom stereocenters. The smallest absolute Gasteiger partial charge is 0.222 e. The summed E-state index contributed by atoms with van der Waals surface area (Å²) in [5.74, 6) is -0.271. The normalized spacial score (nSPS) is 19.0. The lowest BCUT2D eigenvalue weighted by Crippen LogP contribution is -2.41. The molecule has 1 fully saturated rings. The number of nitrogens with one attached hydrogen (secondary N) is 1. The number of anilines is 1. The number of benzene rings is 1. The maximum absolute atomic E-state index is 11.5. The molecule has 2 rings (SSSR count). The summed E-state index contributed by atoms with van der Waals surface area (Å²) in [6.07, 6.45) is 1.86. The number of hydrogen-bond donors (Lipinski definition) is 2. The molecule has 3 N–H and O–H groups in total. The van der Waals surface area contributed by atoms with Crippen LogP contribution in [0.4, 0.5) is 5.69 Å². The van der Waals surface area contributed by atoms with Gasteiger partial charge in [0.15, 0.2) is 0 Å². The fourth-order valence-electron chi connectivity index (χ4n) is 2.75. The fraction of sp³-hybridized carbons (Fsp3) is 0.562. The summed E-state index contributed by atoms with van der Waals surface area (Å²) in [5.41, 5.74) is 7.68. The van der Waals surface area contributed by atoms with E-state index in [1.807, 2.05) is 12.1 Å². The molecular formula is C16H24ClN3O. The lowest BCUT2D eigenvalue weighted by Gasteiger charge is -2.34. The van der Waals surface area contributed by atoms with Gasteiger partial charge >= 0.3 is 0 Å². The number of carbonyl (C=O) groups excluding carboxylic acids is 1. The van der Waals surface area contributed by atoms with E-state index in [2.05, 4.69) is 30.1 Å². The van der Waals surface area contributed by atoms with E-state index in [1.54, 1.807) is 0 Å². The molecule has 1 aromatic carbocycles. The van der Waals surface area contributed by atoms with Crippen LogP contribution < -0.4 is 16.0 Å². The average molecular weight is 310 g/mol. The number of piperidine rings is 1. The summed E-state index contributed by atoms with van der Waals surface area (Å²) >= 11 is 6.37. The number of halogens is 1. The molecule has 4 nitrogen and oxygen atoms in total. The quantitative estimate of drug-likeness (QED) is 0.879. The van der Waals surface area contributed by atoms with Crippen LogP contribution in [0.25, 0.3) is 0 Å². The summed E-state index contributed by atoms with van der Waals surface area (Å²) in [5, 5.41) is 4.18. The first-order chi connectivity index (χ1) is 9.99. The lowest BCUT2D eigenvalue weighted by molar-refractivity contribution is -0.122. The Morgan fingerprint density at radius 3 is 2.95 bits per heavy atom. The third-order valence-electron chi connectivity index (χ3n) is 3.95. The zero-order valence-corrected chi connectivity index (χ0v) is 13.5. The molecule has 1 aliphatic heterocycles. The Kier molecular flexibility index (Phi) is 5.48. The van der Waals surface area contributed by atoms with Crippen LogP contribution in [0.15, 0.2) is 18.2 Å². The SMILES string of the molecule is CC(C)NCc1c(Cl)cccc1N1CCCC(C(N)=O)C1. The maximum atomic E-state index is 11.5. The molecule has 116 valence electrons. The van der Waals surface area contributed by atoms with Gasteiger partial charge in [0, 0.05) is 41.9 Å². The zero-order chi connectivity index (χ0) is 15.4. The van der Waals surface area contributed by atoms with E-state index in [9.17, 15) is 4.79 Å². The number of amides is 1. The van der Waals surface area contributed by atoms with Crippen molar-refractivity contribution in [3.05, 3.63) is 28.8 Å². The van der Waals surface area contributed by atoms with Crippen LogP contribution in [-0.4, -0.2) is 25.0 Å². The van der Waals surface area contributed by atoms with E-state index >= 15 is 0 Å². The van der Waals surface area contributed by atoms with Crippen molar-refractivity contribution in [2.45, 2.75) is 39.3 Å². The maximum Gasteiger partial charge on any atom is 0.222 e. The number of rotatable bonds is 5. The second-order valence-electron chi connectivity index (χ2n) is 5.96. The molecule has 1 saturated heterocycles. The highest BCUT2D eigenvalue weighted by atomic mass is 35.5. The Bertz CT molecular complexity index is 504. The molecule has 21 heavy (non-hydrogen) atoms. The summed E-state index contributed by atoms with van der Waals surface area (Å²) in [4.78, 5) is 13.7. The number of hydrogen-bond acceptors (Lipinski definition) is 3. The molecule has 0 spiro atoms. The molecule has 1 amide bonds. The monoisotopic (exact) mass is 309 g/mol. The first-order valence-electron chi connectivity index (χ1n) is 7.54. The van der Waals surface area contributed by atoms with E-state index in [0.29, 0.717) is 12.6 Å². The predicted octanol–water partition coefficient (Wildman–Crippen LogP) is 2.54. The van der Waals surface area contributed by atoms with Gasteiger partial charge in [-0.25, -0.2) is 0 Å². The third kappa shape index (κ3) is 4.11. The molecule has 0 aromatic heterocycles. The van der Waals surface area contributed by atoms with Crippen molar-refractivity contribution in [3.63, 3.8) is 0 Å². The van der Waals surface area contributed by atoms with Gasteiger partial charge in [-0.3, -0.25) is 4.79 Å². The zero-order valence-electron chi connectivity index (χ0n) is 12.7. The minimum Gasteiger partial charge on any atom is -0.370 e. The number of nitrogens with two attached hydrogens (primary N) is 1. The summed E-state index contributed by atoms with van der Waals surface area (Å²) < 4.78 is 0. The van der Waals surface area contributed by atoms with Crippen molar-refractivity contribution in [2.24, 2.45) is 11.7 Å². The summed E-state index contributed by atoms with van der Waals surface area (Å²) in [6, 6.07) is 6.35. The fourth-order valence-corrected chi connectivity index (χ4v) is 2.99. The van der Waals surface area contributed by atoms with Crippen LogP contribution in [0.2, 0.25) is 5.02 Å². The van der Waals surface area contributed by atoms with Gasteiger partial charge in [-0.05, 0) is 25.0 Å². The summed E-state index contributed by atoms with van der Waals surface area (Å²) in [7, 11) is 0. The second-order valence-corrected chi connectivity index (χ2v) is 6.37. The summed E-state index contributed by atoms with van der Waals surface area (Å²) in [6.45, 7) is 6.58. The molecule has 1 heterocycles. The van der Waals surface area contributed by atoms with Gasteiger partial charge in [-0.15, -0.1) is 0 Å². The molecular weight excluding hydrogens is 286 g/mol. The van der Waals surface area contributed by atoms with Crippen LogP contribution >= 0.6 is 11.6 Å². The molecule has 1 aromatic rings. The van der Waals surface area contributed by atoms with Crippen LogP contribution in [0.5, 0.6) is 0 Å². The highest BCUT2D eigenvalue weighted by Crippen LogP contribution is 2.30. The van der Waals surface area contributed by atoms with Gasteiger partial charge in [-0.1, -0.05) is 31.5 Å². The predicted molar refractivity (Wildman–Crippen MR) is 87.6 cm³/mol. The standard InChI is InChI=1S/C16H24ClN3O/c1-11(2)19-9-13-14(17)6-3-7-15(13)20-8-4-5-12(10-20)16(18)21/h3,6-7,11-12,19H,4-5,8-10H2,1-2H3,(H2,18,21). The Labute approximate surface area is 131 Å². The van der Waals surface area contributed by atoms with E-state index < -0.39 is 0 Å². The lowest BCUT2D eigenvalue weighted by atomic mass is 9.96. The van der Waals surface area contributed by atoms with Gasteiger partial charge in [0.25, 0.3) is 0 Å². The first-order valence-corrected chi connectivity index (χ1v) is 7.92. The Hall–Kier alpha value is -1.26. The van der Waals surface area contributed by atoms with Crippen molar-refractivity contribution < 1.29 is 4.79 Å². The van der Waals surface area contributed by atoms with E-state index in [4.69, 9.17) is 17.3 Å². The van der Waals surface area contributed by atoms with Crippen molar-refractivity contribution in [2.75, 3.05) is 18.0 Å². The molecule has 1 aliphatic rings. The highest BCUT2D eigenvalue weighted by Gasteiger charge is 2.25. The van der Waals surface area contributed by atoms with Crippen LogP contribution in [0.3, 0.4) is 0 Å². The van der Waals surface area contributed by atoms with Gasteiger partial charge in [0.05, 0.1) is 5.92 Å².